The van der Waals surface area contributed by atoms with Crippen LogP contribution in [0.5, 0.6) is 11.5 Å². The lowest BCUT2D eigenvalue weighted by atomic mass is 10.1. The summed E-state index contributed by atoms with van der Waals surface area (Å²) in [5.74, 6) is -0.439. The van der Waals surface area contributed by atoms with Crippen LogP contribution in [0, 0.1) is 19.7 Å². The Balaban J connectivity index is 2.55. The molecule has 0 unspecified atom stereocenters. The first-order chi connectivity index (χ1) is 9.81. The zero-order valence-electron chi connectivity index (χ0n) is 11.2. The molecule has 0 aliphatic heterocycles. The molecule has 0 radical (unpaired) electrons. The van der Waals surface area contributed by atoms with Crippen LogP contribution < -0.4 is 10.3 Å². The van der Waals surface area contributed by atoms with Crippen LogP contribution >= 0.6 is 15.9 Å². The van der Waals surface area contributed by atoms with Gasteiger partial charge in [0.1, 0.15) is 11.6 Å². The van der Waals surface area contributed by atoms with Crippen molar-refractivity contribution >= 4 is 15.9 Å². The van der Waals surface area contributed by atoms with E-state index < -0.39 is 17.9 Å². The maximum Gasteiger partial charge on any atom is 0.321 e. The van der Waals surface area contributed by atoms with Crippen molar-refractivity contribution in [3.63, 3.8) is 0 Å². The van der Waals surface area contributed by atoms with E-state index in [1.54, 1.807) is 13.8 Å². The molecule has 0 bridgehead atoms. The zero-order chi connectivity index (χ0) is 15.7. The van der Waals surface area contributed by atoms with Gasteiger partial charge in [0.25, 0.3) is 5.56 Å². The number of aromatic nitrogens is 1. The summed E-state index contributed by atoms with van der Waals surface area (Å²) in [5, 5.41) is 0. The Hall–Kier alpha value is -1.76. The van der Waals surface area contributed by atoms with Crippen molar-refractivity contribution in [2.75, 3.05) is 0 Å². The Morgan fingerprint density at radius 1 is 1.19 bits per heavy atom. The summed E-state index contributed by atoms with van der Waals surface area (Å²) in [5.41, 5.74) is -0.0417. The molecule has 0 aliphatic rings. The van der Waals surface area contributed by atoms with Crippen LogP contribution in [0.2, 0.25) is 0 Å². The molecule has 1 aromatic heterocycles. The second-order valence-electron chi connectivity index (χ2n) is 4.45. The van der Waals surface area contributed by atoms with Gasteiger partial charge in [0.05, 0.1) is 4.47 Å². The highest BCUT2D eigenvalue weighted by Crippen LogP contribution is 2.32. The monoisotopic (exact) mass is 361 g/mol. The first-order valence-electron chi connectivity index (χ1n) is 5.94. The van der Waals surface area contributed by atoms with Gasteiger partial charge in [-0.2, -0.15) is 8.78 Å². The normalized spacial score (nSPS) is 11.0. The van der Waals surface area contributed by atoms with Crippen molar-refractivity contribution < 1.29 is 17.9 Å². The van der Waals surface area contributed by atoms with Gasteiger partial charge in [0, 0.05) is 6.20 Å². The van der Waals surface area contributed by atoms with E-state index in [1.807, 2.05) is 0 Å². The summed E-state index contributed by atoms with van der Waals surface area (Å²) < 4.78 is 44.7. The number of rotatable bonds is 3. The minimum Gasteiger partial charge on any atom is -0.450 e. The molecule has 0 fully saturated rings. The highest BCUT2D eigenvalue weighted by molar-refractivity contribution is 9.10. The van der Waals surface area contributed by atoms with Crippen LogP contribution in [0.4, 0.5) is 13.2 Å². The molecule has 0 saturated heterocycles. The fourth-order valence-electron chi connectivity index (χ4n) is 1.92. The van der Waals surface area contributed by atoms with Crippen molar-refractivity contribution in [3.8, 4) is 11.5 Å². The van der Waals surface area contributed by atoms with Crippen molar-refractivity contribution in [2.24, 2.45) is 0 Å². The van der Waals surface area contributed by atoms with Gasteiger partial charge in [-0.1, -0.05) is 0 Å². The standard InChI is InChI=1S/C14H11BrF3NO2/c1-7-5-9(16)6-8(2)11(7)21-12-10(15)3-4-19(13(12)20)14(17)18/h3-6,14H,1-2H3. The van der Waals surface area contributed by atoms with Gasteiger partial charge in [0.15, 0.2) is 0 Å². The van der Waals surface area contributed by atoms with Gasteiger partial charge >= 0.3 is 6.55 Å². The van der Waals surface area contributed by atoms with Gasteiger partial charge in [-0.25, -0.2) is 4.39 Å². The van der Waals surface area contributed by atoms with E-state index >= 15 is 0 Å². The van der Waals surface area contributed by atoms with Crippen LogP contribution in [0.15, 0.2) is 33.7 Å². The van der Waals surface area contributed by atoms with E-state index in [2.05, 4.69) is 15.9 Å². The SMILES string of the molecule is Cc1cc(F)cc(C)c1Oc1c(Br)ccn(C(F)F)c1=O. The average molecular weight is 362 g/mol. The first-order valence-corrected chi connectivity index (χ1v) is 6.74. The summed E-state index contributed by atoms with van der Waals surface area (Å²) in [7, 11) is 0. The predicted octanol–water partition coefficient (Wildman–Crippen LogP) is 4.55. The van der Waals surface area contributed by atoms with Crippen molar-refractivity contribution in [3.05, 3.63) is 56.2 Å². The Bertz CT molecular complexity index is 720. The Kier molecular flexibility index (Phi) is 4.41. The quantitative estimate of drug-likeness (QED) is 0.802. The molecule has 7 heteroatoms. The van der Waals surface area contributed by atoms with Gasteiger partial charge in [-0.15, -0.1) is 0 Å². The van der Waals surface area contributed by atoms with Gasteiger partial charge < -0.3 is 4.74 Å². The molecule has 0 spiro atoms. The minimum atomic E-state index is -2.97. The first kappa shape index (κ1) is 15.6. The molecule has 2 aromatic rings. The third-order valence-electron chi connectivity index (χ3n) is 2.87. The fourth-order valence-corrected chi connectivity index (χ4v) is 2.28. The van der Waals surface area contributed by atoms with E-state index in [0.717, 1.165) is 6.20 Å². The van der Waals surface area contributed by atoms with Crippen LogP contribution in [0.25, 0.3) is 0 Å². The second kappa shape index (κ2) is 5.93. The lowest BCUT2D eigenvalue weighted by Crippen LogP contribution is -2.21. The van der Waals surface area contributed by atoms with Crippen molar-refractivity contribution in [2.45, 2.75) is 20.4 Å². The van der Waals surface area contributed by atoms with Crippen LogP contribution in [-0.2, 0) is 0 Å². The number of hydrogen-bond acceptors (Lipinski definition) is 2. The summed E-state index contributed by atoms with van der Waals surface area (Å²) >= 11 is 3.09. The number of ether oxygens (including phenoxy) is 1. The third kappa shape index (κ3) is 3.12. The van der Waals surface area contributed by atoms with Gasteiger partial charge in [0.2, 0.25) is 5.75 Å². The maximum absolute atomic E-state index is 13.2. The molecule has 0 aliphatic carbocycles. The molecular weight excluding hydrogens is 351 g/mol. The molecule has 0 amide bonds. The van der Waals surface area contributed by atoms with Gasteiger partial charge in [-0.05, 0) is 59.1 Å². The van der Waals surface area contributed by atoms with E-state index in [9.17, 15) is 18.0 Å². The molecule has 112 valence electrons. The molecule has 0 N–H and O–H groups in total. The molecule has 1 aromatic carbocycles. The van der Waals surface area contributed by atoms with E-state index in [0.29, 0.717) is 11.1 Å². The lowest BCUT2D eigenvalue weighted by Gasteiger charge is -2.14. The summed E-state index contributed by atoms with van der Waals surface area (Å²) in [6.45, 7) is 0.241. The minimum absolute atomic E-state index is 0.243. The van der Waals surface area contributed by atoms with Crippen LogP contribution in [-0.4, -0.2) is 4.57 Å². The number of pyridine rings is 1. The molecular formula is C14H11BrF3NO2. The van der Waals surface area contributed by atoms with E-state index in [4.69, 9.17) is 4.74 Å². The fraction of sp³-hybridized carbons (Fsp3) is 0.214. The molecule has 2 rings (SSSR count). The van der Waals surface area contributed by atoms with Crippen molar-refractivity contribution in [1.29, 1.82) is 0 Å². The molecule has 21 heavy (non-hydrogen) atoms. The third-order valence-corrected chi connectivity index (χ3v) is 3.49. The number of nitrogens with zero attached hydrogens (tertiary/aromatic N) is 1. The average Bonchev–Trinajstić information content (AvgIpc) is 2.36. The van der Waals surface area contributed by atoms with E-state index in [-0.39, 0.29) is 20.5 Å². The van der Waals surface area contributed by atoms with E-state index in [1.165, 1.54) is 18.2 Å². The maximum atomic E-state index is 13.2. The van der Waals surface area contributed by atoms with Crippen LogP contribution in [0.1, 0.15) is 17.7 Å². The van der Waals surface area contributed by atoms with Gasteiger partial charge in [-0.3, -0.25) is 9.36 Å². The highest BCUT2D eigenvalue weighted by Gasteiger charge is 2.17. The summed E-state index contributed by atoms with van der Waals surface area (Å²) in [4.78, 5) is 12.0. The summed E-state index contributed by atoms with van der Waals surface area (Å²) in [6, 6.07) is 3.77. The lowest BCUT2D eigenvalue weighted by molar-refractivity contribution is 0.0654. The second-order valence-corrected chi connectivity index (χ2v) is 5.31. The number of benzene rings is 1. The number of halogens is 4. The Labute approximate surface area is 127 Å². The largest absolute Gasteiger partial charge is 0.450 e. The Morgan fingerprint density at radius 2 is 1.76 bits per heavy atom. The molecule has 1 heterocycles. The topological polar surface area (TPSA) is 31.2 Å². The smallest absolute Gasteiger partial charge is 0.321 e. The molecule has 3 nitrogen and oxygen atoms in total. The number of aryl methyl sites for hydroxylation is 2. The van der Waals surface area contributed by atoms with Crippen LogP contribution in [0.3, 0.4) is 0 Å². The number of alkyl halides is 2. The summed E-state index contributed by atoms with van der Waals surface area (Å²) in [6.07, 6.45) is 0.967. The predicted molar refractivity (Wildman–Crippen MR) is 75.6 cm³/mol. The molecule has 0 saturated carbocycles. The van der Waals surface area contributed by atoms with Crippen molar-refractivity contribution in [1.82, 2.24) is 4.57 Å². The highest BCUT2D eigenvalue weighted by atomic mass is 79.9. The molecule has 0 atom stereocenters. The number of hydrogen-bond donors (Lipinski definition) is 0. The zero-order valence-corrected chi connectivity index (χ0v) is 12.7. The Morgan fingerprint density at radius 3 is 2.29 bits per heavy atom.